The van der Waals surface area contributed by atoms with Gasteiger partial charge in [0.1, 0.15) is 5.75 Å². The van der Waals surface area contributed by atoms with E-state index in [1.165, 1.54) is 7.11 Å². The summed E-state index contributed by atoms with van der Waals surface area (Å²) >= 11 is 7.65. The normalized spacial score (nSPS) is 11.6. The average molecular weight is 423 g/mol. The molecule has 0 spiro atoms. The van der Waals surface area contributed by atoms with Crippen LogP contribution in [0.4, 0.5) is 11.4 Å². The first-order chi connectivity index (χ1) is 13.3. The Bertz CT molecular complexity index is 861. The fraction of sp³-hybridized carbons (Fsp3) is 0.300. The predicted octanol–water partition coefficient (Wildman–Crippen LogP) is 2.47. The van der Waals surface area contributed by atoms with Crippen molar-refractivity contribution in [2.75, 3.05) is 44.1 Å². The van der Waals surface area contributed by atoms with Gasteiger partial charge in [0.15, 0.2) is 13.1 Å². The second-order valence-electron chi connectivity index (χ2n) is 6.41. The molecule has 3 N–H and O–H groups in total. The molecule has 2 amide bonds. The molecule has 150 valence electrons. The Morgan fingerprint density at radius 1 is 1.11 bits per heavy atom. The number of methoxy groups -OCH3 is 1. The molecule has 0 aliphatic heterocycles. The first-order valence-electron chi connectivity index (χ1n) is 8.72. The Morgan fingerprint density at radius 3 is 2.32 bits per heavy atom. The number of carbonyl (C=O) groups excluding carboxylic acids is 2. The highest BCUT2D eigenvalue weighted by molar-refractivity contribution is 7.98. The minimum absolute atomic E-state index is 0.141. The van der Waals surface area contributed by atoms with Crippen LogP contribution in [-0.4, -0.2) is 45.3 Å². The molecule has 0 aliphatic rings. The van der Waals surface area contributed by atoms with Gasteiger partial charge in [-0.25, -0.2) is 0 Å². The zero-order valence-corrected chi connectivity index (χ0v) is 18.0. The zero-order chi connectivity index (χ0) is 20.7. The van der Waals surface area contributed by atoms with Crippen molar-refractivity contribution in [3.63, 3.8) is 0 Å². The predicted molar refractivity (Wildman–Crippen MR) is 115 cm³/mol. The van der Waals surface area contributed by atoms with Crippen LogP contribution >= 0.6 is 23.4 Å². The number of anilines is 2. The first-order valence-corrected chi connectivity index (χ1v) is 10.3. The summed E-state index contributed by atoms with van der Waals surface area (Å²) in [6, 6.07) is 11.0. The van der Waals surface area contributed by atoms with E-state index in [1.807, 2.05) is 37.4 Å². The quantitative estimate of drug-likeness (QED) is 0.571. The lowest BCUT2D eigenvalue weighted by molar-refractivity contribution is -0.862. The molecule has 0 saturated heterocycles. The van der Waals surface area contributed by atoms with Crippen molar-refractivity contribution in [1.29, 1.82) is 0 Å². The third-order valence-electron chi connectivity index (χ3n) is 4.06. The highest BCUT2D eigenvalue weighted by Crippen LogP contribution is 2.30. The number of halogens is 1. The van der Waals surface area contributed by atoms with Gasteiger partial charge in [-0.05, 0) is 36.9 Å². The summed E-state index contributed by atoms with van der Waals surface area (Å²) in [6.07, 6.45) is 1.96. The molecule has 0 fully saturated rings. The van der Waals surface area contributed by atoms with Crippen LogP contribution in [0.2, 0.25) is 5.02 Å². The maximum atomic E-state index is 12.4. The number of rotatable bonds is 8. The van der Waals surface area contributed by atoms with Crippen molar-refractivity contribution in [3.8, 4) is 5.75 Å². The number of hydrogen-bond donors (Lipinski definition) is 3. The molecule has 0 aliphatic carbocycles. The van der Waals surface area contributed by atoms with E-state index in [1.54, 1.807) is 30.9 Å². The summed E-state index contributed by atoms with van der Waals surface area (Å²) in [6.45, 7) is 2.17. The van der Waals surface area contributed by atoms with Crippen molar-refractivity contribution >= 4 is 46.6 Å². The summed E-state index contributed by atoms with van der Waals surface area (Å²) in [5, 5.41) is 6.29. The largest absolute Gasteiger partial charge is 0.495 e. The van der Waals surface area contributed by atoms with Gasteiger partial charge in [-0.2, -0.15) is 0 Å². The van der Waals surface area contributed by atoms with Crippen LogP contribution in [0.15, 0.2) is 41.3 Å². The Labute approximate surface area is 174 Å². The topological polar surface area (TPSA) is 71.9 Å². The number of hydrogen-bond acceptors (Lipinski definition) is 4. The molecule has 2 aromatic carbocycles. The number of benzene rings is 2. The number of carbonyl (C=O) groups is 2. The second-order valence-corrected chi connectivity index (χ2v) is 7.66. The Morgan fingerprint density at radius 2 is 1.71 bits per heavy atom. The number of ether oxygens (including phenoxy) is 1. The molecular formula is C20H25ClN3O3S+. The number of likely N-dealkylation sites (N-methyl/N-ethyl adjacent to an activating group) is 1. The molecule has 2 aromatic rings. The third kappa shape index (κ3) is 6.15. The number of quaternary nitrogens is 1. The maximum Gasteiger partial charge on any atom is 0.279 e. The maximum absolute atomic E-state index is 12.4. The number of amides is 2. The van der Waals surface area contributed by atoms with Gasteiger partial charge in [-0.1, -0.05) is 23.7 Å². The highest BCUT2D eigenvalue weighted by Gasteiger charge is 2.17. The number of aryl methyl sites for hydroxylation is 1. The Balaban J connectivity index is 1.92. The molecule has 0 aromatic heterocycles. The van der Waals surface area contributed by atoms with Crippen molar-refractivity contribution in [1.82, 2.24) is 0 Å². The van der Waals surface area contributed by atoms with E-state index in [0.29, 0.717) is 16.5 Å². The molecule has 0 heterocycles. The van der Waals surface area contributed by atoms with E-state index in [9.17, 15) is 9.59 Å². The summed E-state index contributed by atoms with van der Waals surface area (Å²) in [7, 11) is 3.31. The van der Waals surface area contributed by atoms with Gasteiger partial charge in [0, 0.05) is 16.0 Å². The van der Waals surface area contributed by atoms with Crippen LogP contribution in [0.25, 0.3) is 0 Å². The van der Waals surface area contributed by atoms with Crippen molar-refractivity contribution < 1.29 is 19.2 Å². The smallest absolute Gasteiger partial charge is 0.279 e. The summed E-state index contributed by atoms with van der Waals surface area (Å²) < 4.78 is 5.27. The average Bonchev–Trinajstić information content (AvgIpc) is 2.64. The van der Waals surface area contributed by atoms with Crippen LogP contribution < -0.4 is 20.3 Å². The van der Waals surface area contributed by atoms with E-state index in [2.05, 4.69) is 10.6 Å². The van der Waals surface area contributed by atoms with Crippen molar-refractivity contribution in [2.24, 2.45) is 0 Å². The van der Waals surface area contributed by atoms with Crippen LogP contribution in [0.1, 0.15) is 5.56 Å². The first kappa shape index (κ1) is 22.1. The zero-order valence-electron chi connectivity index (χ0n) is 16.4. The van der Waals surface area contributed by atoms with Crippen LogP contribution in [0, 0.1) is 6.92 Å². The molecule has 1 unspecified atom stereocenters. The van der Waals surface area contributed by atoms with E-state index < -0.39 is 0 Å². The molecule has 0 bridgehead atoms. The van der Waals surface area contributed by atoms with E-state index in [0.717, 1.165) is 21.0 Å². The second kappa shape index (κ2) is 10.4. The molecule has 0 radical (unpaired) electrons. The van der Waals surface area contributed by atoms with Crippen LogP contribution in [0.3, 0.4) is 0 Å². The number of nitrogens with one attached hydrogen (secondary N) is 3. The van der Waals surface area contributed by atoms with Crippen LogP contribution in [-0.2, 0) is 9.59 Å². The van der Waals surface area contributed by atoms with Gasteiger partial charge < -0.3 is 20.3 Å². The standard InChI is InChI=1S/C20H24ClN3O3S/c1-13-9-16(17(27-3)10-14(13)21)23-20(26)12-24(2)11-19(25)22-15-7-5-6-8-18(15)28-4/h5-10H,11-12H2,1-4H3,(H,22,25)(H,23,26)/p+1. The van der Waals surface area contributed by atoms with Gasteiger partial charge in [0.2, 0.25) is 0 Å². The summed E-state index contributed by atoms with van der Waals surface area (Å²) in [5.41, 5.74) is 2.17. The fourth-order valence-corrected chi connectivity index (χ4v) is 3.38. The Hall–Kier alpha value is -2.22. The number of thioether (sulfide) groups is 1. The summed E-state index contributed by atoms with van der Waals surface area (Å²) in [4.78, 5) is 26.4. The number of para-hydroxylation sites is 1. The van der Waals surface area contributed by atoms with Crippen molar-refractivity contribution in [2.45, 2.75) is 11.8 Å². The molecule has 28 heavy (non-hydrogen) atoms. The van der Waals surface area contributed by atoms with Gasteiger partial charge in [0.05, 0.1) is 25.5 Å². The van der Waals surface area contributed by atoms with E-state index in [4.69, 9.17) is 16.3 Å². The molecule has 2 rings (SSSR count). The van der Waals surface area contributed by atoms with E-state index in [-0.39, 0.29) is 24.9 Å². The van der Waals surface area contributed by atoms with Gasteiger partial charge in [-0.3, -0.25) is 9.59 Å². The Kier molecular flexibility index (Phi) is 8.17. The summed E-state index contributed by atoms with van der Waals surface area (Å²) in [5.74, 6) is 0.134. The van der Waals surface area contributed by atoms with E-state index >= 15 is 0 Å². The molecule has 1 atom stereocenters. The van der Waals surface area contributed by atoms with Gasteiger partial charge in [-0.15, -0.1) is 11.8 Å². The molecule has 8 heteroatoms. The highest BCUT2D eigenvalue weighted by atomic mass is 35.5. The SMILES string of the molecule is COc1cc(Cl)c(C)cc1NC(=O)C[NH+](C)CC(=O)Nc1ccccc1SC. The van der Waals surface area contributed by atoms with Crippen molar-refractivity contribution in [3.05, 3.63) is 47.0 Å². The minimum Gasteiger partial charge on any atom is -0.495 e. The minimum atomic E-state index is -0.213. The molecule has 0 saturated carbocycles. The lowest BCUT2D eigenvalue weighted by Gasteiger charge is -2.16. The van der Waals surface area contributed by atoms with Crippen LogP contribution in [0.5, 0.6) is 5.75 Å². The third-order valence-corrected chi connectivity index (χ3v) is 5.26. The molecule has 6 nitrogen and oxygen atoms in total. The lowest BCUT2D eigenvalue weighted by atomic mass is 10.2. The monoisotopic (exact) mass is 422 g/mol. The lowest BCUT2D eigenvalue weighted by Crippen LogP contribution is -3.11. The fourth-order valence-electron chi connectivity index (χ4n) is 2.68. The van der Waals surface area contributed by atoms with Gasteiger partial charge in [0.25, 0.3) is 11.8 Å². The van der Waals surface area contributed by atoms with Gasteiger partial charge >= 0.3 is 0 Å². The molecular weight excluding hydrogens is 398 g/mol.